The number of para-hydroxylation sites is 2. The Labute approximate surface area is 479 Å². The zero-order valence-electron chi connectivity index (χ0n) is 45.2. The summed E-state index contributed by atoms with van der Waals surface area (Å²) in [6.07, 6.45) is 9.52. The second kappa shape index (κ2) is 19.2. The summed E-state index contributed by atoms with van der Waals surface area (Å²) < 4.78 is 2.38. The first-order chi connectivity index (χ1) is 40.7. The van der Waals surface area contributed by atoms with Gasteiger partial charge in [0, 0.05) is 45.4 Å². The van der Waals surface area contributed by atoms with E-state index in [0.717, 1.165) is 22.7 Å². The average Bonchev–Trinajstić information content (AvgIpc) is 1.53. The Morgan fingerprint density at radius 2 is 0.732 bits per heavy atom. The number of hydrogen-bond donors (Lipinski definition) is 0. The number of anilines is 3. The van der Waals surface area contributed by atoms with Gasteiger partial charge in [0.25, 0.3) is 0 Å². The normalized spacial score (nSPS) is 15.9. The topological polar surface area (TPSA) is 8.17 Å². The molecule has 1 heterocycles. The lowest BCUT2D eigenvalue weighted by molar-refractivity contribution is 0.431. The van der Waals surface area contributed by atoms with Gasteiger partial charge >= 0.3 is 0 Å². The minimum Gasteiger partial charge on any atom is -0.311 e. The third-order valence-corrected chi connectivity index (χ3v) is 18.2. The van der Waals surface area contributed by atoms with Crippen LogP contribution in [0, 0.1) is 5.92 Å². The molecule has 0 saturated carbocycles. The van der Waals surface area contributed by atoms with E-state index in [1.165, 1.54) is 99.7 Å². The van der Waals surface area contributed by atoms with E-state index in [0.29, 0.717) is 0 Å². The lowest BCUT2D eigenvalue weighted by Gasteiger charge is -2.51. The summed E-state index contributed by atoms with van der Waals surface area (Å²) in [5.74, 6) is 0.366. The molecule has 386 valence electrons. The van der Waals surface area contributed by atoms with Crippen molar-refractivity contribution in [2.75, 3.05) is 4.90 Å². The molecule has 2 atom stereocenters. The molecule has 0 aliphatic heterocycles. The fourth-order valence-electron chi connectivity index (χ4n) is 14.8. The maximum absolute atomic E-state index is 2.51. The van der Waals surface area contributed by atoms with Crippen LogP contribution in [0.15, 0.2) is 328 Å². The Hall–Kier alpha value is -10.3. The number of fused-ring (bicyclic) bond motifs is 12. The van der Waals surface area contributed by atoms with Crippen LogP contribution in [0.5, 0.6) is 0 Å². The van der Waals surface area contributed by atoms with Crippen molar-refractivity contribution in [2.24, 2.45) is 5.92 Å². The van der Waals surface area contributed by atoms with Gasteiger partial charge in [0.05, 0.1) is 21.9 Å². The molecule has 2 nitrogen and oxygen atoms in total. The maximum Gasteiger partial charge on any atom is 0.0707 e. The highest BCUT2D eigenvalue weighted by Gasteiger charge is 2.60. The van der Waals surface area contributed by atoms with E-state index in [4.69, 9.17) is 0 Å². The summed E-state index contributed by atoms with van der Waals surface area (Å²) >= 11 is 0. The third kappa shape index (κ3) is 7.21. The zero-order chi connectivity index (χ0) is 54.2. The minimum atomic E-state index is -0.517. The van der Waals surface area contributed by atoms with Gasteiger partial charge in [-0.15, -0.1) is 0 Å². The summed E-state index contributed by atoms with van der Waals surface area (Å²) in [4.78, 5) is 2.39. The van der Waals surface area contributed by atoms with Crippen molar-refractivity contribution in [1.82, 2.24) is 4.57 Å². The van der Waals surface area contributed by atoms with Crippen LogP contribution in [0.3, 0.4) is 0 Å². The quantitative estimate of drug-likeness (QED) is 0.140. The molecule has 2 heteroatoms. The minimum absolute atomic E-state index is 0.176. The van der Waals surface area contributed by atoms with Crippen LogP contribution in [0.1, 0.15) is 50.4 Å². The Kier molecular flexibility index (Phi) is 11.2. The summed E-state index contributed by atoms with van der Waals surface area (Å²) in [5.41, 5.74) is 23.9. The lowest BCUT2D eigenvalue weighted by Crippen LogP contribution is -2.47. The number of hydrogen-bond acceptors (Lipinski definition) is 1. The van der Waals surface area contributed by atoms with Gasteiger partial charge in [0.15, 0.2) is 0 Å². The molecule has 1 aromatic heterocycles. The van der Waals surface area contributed by atoms with Crippen LogP contribution in [0.4, 0.5) is 17.1 Å². The molecule has 16 rings (SSSR count). The predicted octanol–water partition coefficient (Wildman–Crippen LogP) is 20.1. The molecule has 0 radical (unpaired) electrons. The van der Waals surface area contributed by atoms with Crippen molar-refractivity contribution in [1.29, 1.82) is 0 Å². The van der Waals surface area contributed by atoms with Gasteiger partial charge in [-0.25, -0.2) is 0 Å². The first kappa shape index (κ1) is 47.7. The molecule has 3 aliphatic carbocycles. The van der Waals surface area contributed by atoms with Crippen LogP contribution >= 0.6 is 0 Å². The molecule has 1 spiro atoms. The first-order valence-electron chi connectivity index (χ1n) is 28.7. The lowest BCUT2D eigenvalue weighted by atomic mass is 9.50. The molecule has 0 amide bonds. The molecule has 12 aromatic carbocycles. The first-order valence-corrected chi connectivity index (χ1v) is 28.7. The van der Waals surface area contributed by atoms with E-state index >= 15 is 0 Å². The number of rotatable bonds is 9. The molecule has 0 bridgehead atoms. The number of benzene rings is 12. The zero-order valence-corrected chi connectivity index (χ0v) is 45.2. The Morgan fingerprint density at radius 3 is 1.32 bits per heavy atom. The van der Waals surface area contributed by atoms with E-state index in [2.05, 4.69) is 337 Å². The molecular weight excluding hydrogens is 989 g/mol. The predicted molar refractivity (Wildman–Crippen MR) is 341 cm³/mol. The fraction of sp³-hybridized carbons (Fsp3) is 0.0500. The van der Waals surface area contributed by atoms with Gasteiger partial charge in [0.1, 0.15) is 0 Å². The molecule has 13 aromatic rings. The van der Waals surface area contributed by atoms with E-state index in [1.807, 2.05) is 0 Å². The number of allylic oxidation sites excluding steroid dienone is 4. The van der Waals surface area contributed by atoms with E-state index in [9.17, 15) is 0 Å². The second-order valence-electron chi connectivity index (χ2n) is 22.3. The molecule has 0 fully saturated rings. The molecule has 0 saturated heterocycles. The van der Waals surface area contributed by atoms with Gasteiger partial charge in [-0.2, -0.15) is 0 Å². The van der Waals surface area contributed by atoms with E-state index in [1.54, 1.807) is 0 Å². The van der Waals surface area contributed by atoms with Gasteiger partial charge in [-0.3, -0.25) is 0 Å². The second-order valence-corrected chi connectivity index (χ2v) is 22.3. The third-order valence-electron chi connectivity index (χ3n) is 18.2. The van der Waals surface area contributed by atoms with Crippen LogP contribution in [-0.4, -0.2) is 4.57 Å². The SMILES string of the molecule is C1=CC2c3cc(-c4ccc(N(c5ccc(-c6ccccc6)cc5)c5ccc(-c6ccc7c(c6)c6ccccc6n7-c6ccccc6)cc5)cc4)ccc3C3(c4ccccc4C(c4ccccc4)(c4ccccc4)c4ccccc43)C2C=C1. The Bertz CT molecular complexity index is 4500. The smallest absolute Gasteiger partial charge is 0.0707 e. The fourth-order valence-corrected chi connectivity index (χ4v) is 14.8. The molecular formula is C80H56N2. The monoisotopic (exact) mass is 1040 g/mol. The van der Waals surface area contributed by atoms with Crippen molar-refractivity contribution >= 4 is 38.9 Å². The van der Waals surface area contributed by atoms with Crippen molar-refractivity contribution < 1.29 is 0 Å². The molecule has 82 heavy (non-hydrogen) atoms. The van der Waals surface area contributed by atoms with Crippen LogP contribution in [0.25, 0.3) is 60.9 Å². The van der Waals surface area contributed by atoms with E-state index in [-0.39, 0.29) is 11.8 Å². The van der Waals surface area contributed by atoms with Crippen LogP contribution in [-0.2, 0) is 10.8 Å². The van der Waals surface area contributed by atoms with Crippen molar-refractivity contribution in [3.05, 3.63) is 372 Å². The Balaban J connectivity index is 0.790. The highest BCUT2D eigenvalue weighted by molar-refractivity contribution is 6.10. The van der Waals surface area contributed by atoms with Crippen molar-refractivity contribution in [3.63, 3.8) is 0 Å². The average molecular weight is 1050 g/mol. The van der Waals surface area contributed by atoms with Crippen molar-refractivity contribution in [3.8, 4) is 39.1 Å². The van der Waals surface area contributed by atoms with Crippen molar-refractivity contribution in [2.45, 2.75) is 16.7 Å². The van der Waals surface area contributed by atoms with Gasteiger partial charge in [-0.05, 0) is 145 Å². The Morgan fingerprint density at radius 1 is 0.305 bits per heavy atom. The molecule has 3 aliphatic rings. The van der Waals surface area contributed by atoms with Gasteiger partial charge in [-0.1, -0.05) is 261 Å². The maximum atomic E-state index is 2.51. The summed E-state index contributed by atoms with van der Waals surface area (Å²) in [6.45, 7) is 0. The molecule has 0 N–H and O–H groups in total. The standard InChI is InChI=1S/C80H56N2/c1-5-21-55(22-6-1)56-37-45-64(46-38-56)81(66-49-41-58(42-50-66)60-44-52-78-70(54-60)68-30-14-20-36-77(68)82(78)63-27-11-4-12-28-63)65-47-39-57(40-48-65)59-43-51-72-69(53-59)67-29-13-15-31-71(67)80(72)75-34-18-16-32-73(75)79(61-23-7-2-8-24-61,62-25-9-3-10-26-62)74-33-17-19-35-76(74)80/h1-54,67,71H. The van der Waals surface area contributed by atoms with Gasteiger partial charge in [0.2, 0.25) is 0 Å². The largest absolute Gasteiger partial charge is 0.311 e. The summed E-state index contributed by atoms with van der Waals surface area (Å²) in [5, 5.41) is 2.49. The van der Waals surface area contributed by atoms with E-state index < -0.39 is 10.8 Å². The highest BCUT2D eigenvalue weighted by Crippen LogP contribution is 2.66. The van der Waals surface area contributed by atoms with Crippen LogP contribution < -0.4 is 4.90 Å². The molecule has 2 unspecified atom stereocenters. The van der Waals surface area contributed by atoms with Gasteiger partial charge < -0.3 is 9.47 Å². The number of nitrogens with zero attached hydrogens (tertiary/aromatic N) is 2. The summed E-state index contributed by atoms with van der Waals surface area (Å²) in [7, 11) is 0. The van der Waals surface area contributed by atoms with Crippen LogP contribution in [0.2, 0.25) is 0 Å². The number of aromatic nitrogens is 1. The highest BCUT2D eigenvalue weighted by atomic mass is 15.1. The summed E-state index contributed by atoms with van der Waals surface area (Å²) in [6, 6.07) is 113.